The molecular formula is C19H21N5O3. The van der Waals surface area contributed by atoms with Crippen LogP contribution in [0.2, 0.25) is 0 Å². The van der Waals surface area contributed by atoms with E-state index in [0.717, 1.165) is 18.4 Å². The predicted molar refractivity (Wildman–Crippen MR) is 99.9 cm³/mol. The normalized spacial score (nSPS) is 16.9. The SMILES string of the molecule is CNC(=O)c1cc2c(=O)n3cc(C)ccc3nc2n(CC2CCCO2)c1=N. The van der Waals surface area contributed by atoms with Gasteiger partial charge in [0.1, 0.15) is 16.8 Å². The number of carbonyl (C=O) groups is 1. The molecule has 8 nitrogen and oxygen atoms in total. The number of carbonyl (C=O) groups excluding carboxylic acids is 1. The third-order valence-corrected chi connectivity index (χ3v) is 4.94. The van der Waals surface area contributed by atoms with E-state index in [2.05, 4.69) is 10.3 Å². The summed E-state index contributed by atoms with van der Waals surface area (Å²) >= 11 is 0. The van der Waals surface area contributed by atoms with Crippen molar-refractivity contribution in [3.63, 3.8) is 0 Å². The lowest BCUT2D eigenvalue weighted by atomic mass is 10.1. The molecule has 27 heavy (non-hydrogen) atoms. The van der Waals surface area contributed by atoms with Crippen molar-refractivity contribution < 1.29 is 9.53 Å². The maximum absolute atomic E-state index is 13.1. The molecule has 4 heterocycles. The summed E-state index contributed by atoms with van der Waals surface area (Å²) in [6.07, 6.45) is 3.51. The number of aromatic nitrogens is 3. The monoisotopic (exact) mass is 367 g/mol. The number of hydrogen-bond donors (Lipinski definition) is 2. The molecule has 3 aromatic heterocycles. The molecular weight excluding hydrogens is 346 g/mol. The van der Waals surface area contributed by atoms with Crippen molar-refractivity contribution in [2.24, 2.45) is 0 Å². The predicted octanol–water partition coefficient (Wildman–Crippen LogP) is 0.976. The van der Waals surface area contributed by atoms with Gasteiger partial charge in [0.2, 0.25) is 0 Å². The Labute approximate surface area is 154 Å². The van der Waals surface area contributed by atoms with E-state index in [-0.39, 0.29) is 22.7 Å². The van der Waals surface area contributed by atoms with Gasteiger partial charge in [-0.2, -0.15) is 0 Å². The quantitative estimate of drug-likeness (QED) is 0.674. The summed E-state index contributed by atoms with van der Waals surface area (Å²) in [4.78, 5) is 30.0. The minimum Gasteiger partial charge on any atom is -0.376 e. The summed E-state index contributed by atoms with van der Waals surface area (Å²) in [5.41, 5.74) is 1.75. The minimum atomic E-state index is -0.406. The molecule has 1 saturated heterocycles. The van der Waals surface area contributed by atoms with Crippen LogP contribution < -0.4 is 16.4 Å². The van der Waals surface area contributed by atoms with E-state index < -0.39 is 5.91 Å². The highest BCUT2D eigenvalue weighted by Gasteiger charge is 2.21. The molecule has 1 fully saturated rings. The van der Waals surface area contributed by atoms with Gasteiger partial charge in [0.15, 0.2) is 0 Å². The average molecular weight is 367 g/mol. The first-order valence-corrected chi connectivity index (χ1v) is 8.94. The number of amides is 1. The van der Waals surface area contributed by atoms with Gasteiger partial charge in [-0.25, -0.2) is 4.98 Å². The van der Waals surface area contributed by atoms with Gasteiger partial charge in [0.05, 0.1) is 23.6 Å². The molecule has 0 bridgehead atoms. The largest absolute Gasteiger partial charge is 0.376 e. The lowest BCUT2D eigenvalue weighted by Crippen LogP contribution is -2.35. The van der Waals surface area contributed by atoms with Gasteiger partial charge in [0.25, 0.3) is 11.5 Å². The van der Waals surface area contributed by atoms with Crippen molar-refractivity contribution in [2.75, 3.05) is 13.7 Å². The summed E-state index contributed by atoms with van der Waals surface area (Å²) in [5, 5.41) is 11.4. The van der Waals surface area contributed by atoms with Crippen molar-refractivity contribution >= 4 is 22.6 Å². The van der Waals surface area contributed by atoms with Crippen LogP contribution in [-0.2, 0) is 11.3 Å². The average Bonchev–Trinajstić information content (AvgIpc) is 3.17. The third-order valence-electron chi connectivity index (χ3n) is 4.94. The summed E-state index contributed by atoms with van der Waals surface area (Å²) in [6.45, 7) is 2.97. The highest BCUT2D eigenvalue weighted by Crippen LogP contribution is 2.17. The zero-order valence-corrected chi connectivity index (χ0v) is 15.3. The van der Waals surface area contributed by atoms with E-state index in [1.165, 1.54) is 17.5 Å². The first-order chi connectivity index (χ1) is 13.0. The Balaban J connectivity index is 2.07. The first kappa shape index (κ1) is 17.4. The van der Waals surface area contributed by atoms with Gasteiger partial charge < -0.3 is 14.6 Å². The van der Waals surface area contributed by atoms with E-state index in [4.69, 9.17) is 10.1 Å². The van der Waals surface area contributed by atoms with Crippen molar-refractivity contribution in [3.05, 3.63) is 51.4 Å². The fraction of sp³-hybridized carbons (Fsp3) is 0.368. The molecule has 1 amide bonds. The van der Waals surface area contributed by atoms with E-state index in [1.807, 2.05) is 13.0 Å². The lowest BCUT2D eigenvalue weighted by molar-refractivity contribution is 0.0938. The zero-order chi connectivity index (χ0) is 19.1. The Bertz CT molecular complexity index is 1170. The molecule has 140 valence electrons. The van der Waals surface area contributed by atoms with Crippen LogP contribution in [0.1, 0.15) is 28.8 Å². The molecule has 2 N–H and O–H groups in total. The van der Waals surface area contributed by atoms with Crippen molar-refractivity contribution in [1.29, 1.82) is 5.41 Å². The van der Waals surface area contributed by atoms with Crippen LogP contribution in [0.5, 0.6) is 0 Å². The summed E-state index contributed by atoms with van der Waals surface area (Å²) in [6, 6.07) is 5.13. The van der Waals surface area contributed by atoms with Crippen LogP contribution in [0.25, 0.3) is 16.7 Å². The van der Waals surface area contributed by atoms with E-state index in [1.54, 1.807) is 16.8 Å². The lowest BCUT2D eigenvalue weighted by Gasteiger charge is -2.17. The standard InChI is InChI=1S/C19H21N5O3/c1-11-5-6-15-22-17-14(19(26)23(15)9-11)8-13(18(25)21-2)16(20)24(17)10-12-4-3-7-27-12/h5-6,8-9,12,20H,3-4,7,10H2,1-2H3,(H,21,25). The summed E-state index contributed by atoms with van der Waals surface area (Å²) in [5.74, 6) is -0.406. The van der Waals surface area contributed by atoms with Gasteiger partial charge in [-0.05, 0) is 37.5 Å². The number of ether oxygens (including phenoxy) is 1. The number of nitrogens with one attached hydrogen (secondary N) is 2. The fourth-order valence-corrected chi connectivity index (χ4v) is 3.52. The Hall–Kier alpha value is -3.00. The van der Waals surface area contributed by atoms with E-state index >= 15 is 0 Å². The molecule has 3 aromatic rings. The van der Waals surface area contributed by atoms with Crippen LogP contribution in [0.4, 0.5) is 0 Å². The fourth-order valence-electron chi connectivity index (χ4n) is 3.52. The van der Waals surface area contributed by atoms with Crippen LogP contribution in [0.15, 0.2) is 29.2 Å². The Morgan fingerprint density at radius 1 is 1.44 bits per heavy atom. The molecule has 0 saturated carbocycles. The van der Waals surface area contributed by atoms with Crippen molar-refractivity contribution in [2.45, 2.75) is 32.4 Å². The van der Waals surface area contributed by atoms with Crippen molar-refractivity contribution in [3.8, 4) is 0 Å². The molecule has 0 aliphatic carbocycles. The maximum atomic E-state index is 13.1. The molecule has 1 aliphatic rings. The number of nitrogens with zero attached hydrogens (tertiary/aromatic N) is 3. The highest BCUT2D eigenvalue weighted by molar-refractivity contribution is 5.96. The van der Waals surface area contributed by atoms with E-state index in [9.17, 15) is 9.59 Å². The topological polar surface area (TPSA) is 101 Å². The molecule has 1 unspecified atom stereocenters. The molecule has 1 aliphatic heterocycles. The number of fused-ring (bicyclic) bond motifs is 2. The Morgan fingerprint density at radius 3 is 2.96 bits per heavy atom. The van der Waals surface area contributed by atoms with Gasteiger partial charge in [-0.3, -0.25) is 19.4 Å². The van der Waals surface area contributed by atoms with Crippen molar-refractivity contribution in [1.82, 2.24) is 19.3 Å². The second-order valence-corrected chi connectivity index (χ2v) is 6.82. The minimum absolute atomic E-state index is 0.0284. The smallest absolute Gasteiger partial charge is 0.267 e. The van der Waals surface area contributed by atoms with Crippen LogP contribution in [-0.4, -0.2) is 39.6 Å². The van der Waals surface area contributed by atoms with Crippen LogP contribution in [0.3, 0.4) is 0 Å². The number of aryl methyl sites for hydroxylation is 1. The molecule has 0 radical (unpaired) electrons. The van der Waals surface area contributed by atoms with Gasteiger partial charge in [-0.15, -0.1) is 0 Å². The third kappa shape index (κ3) is 2.91. The molecule has 4 rings (SSSR count). The number of rotatable bonds is 3. The van der Waals surface area contributed by atoms with Gasteiger partial charge in [0, 0.05) is 19.9 Å². The summed E-state index contributed by atoms with van der Waals surface area (Å²) < 4.78 is 8.80. The van der Waals surface area contributed by atoms with Crippen LogP contribution >= 0.6 is 0 Å². The van der Waals surface area contributed by atoms with Gasteiger partial charge >= 0.3 is 0 Å². The second-order valence-electron chi connectivity index (χ2n) is 6.82. The first-order valence-electron chi connectivity index (χ1n) is 8.94. The summed E-state index contributed by atoms with van der Waals surface area (Å²) in [7, 11) is 1.51. The molecule has 8 heteroatoms. The Kier molecular flexibility index (Phi) is 4.27. The number of pyridine rings is 2. The molecule has 0 spiro atoms. The second kappa shape index (κ2) is 6.62. The Morgan fingerprint density at radius 2 is 2.26 bits per heavy atom. The molecule has 1 atom stereocenters. The van der Waals surface area contributed by atoms with E-state index in [0.29, 0.717) is 29.8 Å². The van der Waals surface area contributed by atoms with Crippen LogP contribution in [0, 0.1) is 12.3 Å². The molecule has 0 aromatic carbocycles. The maximum Gasteiger partial charge on any atom is 0.267 e. The van der Waals surface area contributed by atoms with Gasteiger partial charge in [-0.1, -0.05) is 6.07 Å². The number of hydrogen-bond acceptors (Lipinski definition) is 5. The highest BCUT2D eigenvalue weighted by atomic mass is 16.5. The zero-order valence-electron chi connectivity index (χ0n) is 15.3.